The van der Waals surface area contributed by atoms with Gasteiger partial charge < -0.3 is 5.73 Å². The highest BCUT2D eigenvalue weighted by Crippen LogP contribution is 2.07. The largest absolute Gasteiger partial charge is 0.375 e. The number of nitrogens with zero attached hydrogens (tertiary/aromatic N) is 1. The SMILES string of the molecule is Nc1nc(C=O)cs1.[HH]. The van der Waals surface area contributed by atoms with Crippen LogP contribution in [0.15, 0.2) is 5.38 Å². The van der Waals surface area contributed by atoms with Gasteiger partial charge in [-0.15, -0.1) is 11.3 Å². The van der Waals surface area contributed by atoms with Gasteiger partial charge in [0, 0.05) is 6.81 Å². The van der Waals surface area contributed by atoms with E-state index in [4.69, 9.17) is 5.73 Å². The molecule has 1 rings (SSSR count). The molecule has 0 radical (unpaired) electrons. The second kappa shape index (κ2) is 1.92. The summed E-state index contributed by atoms with van der Waals surface area (Å²) in [6, 6.07) is 0. The zero-order chi connectivity index (χ0) is 5.98. The van der Waals surface area contributed by atoms with Gasteiger partial charge in [0.2, 0.25) is 0 Å². The second-order valence-corrected chi connectivity index (χ2v) is 2.12. The number of hydrogen-bond donors (Lipinski definition) is 1. The first kappa shape index (κ1) is 5.24. The zero-order valence-corrected chi connectivity index (χ0v) is 4.81. The minimum absolute atomic E-state index is 0. The summed E-state index contributed by atoms with van der Waals surface area (Å²) in [5, 5.41) is 2.05. The number of anilines is 1. The van der Waals surface area contributed by atoms with Crippen LogP contribution in [-0.4, -0.2) is 11.3 Å². The van der Waals surface area contributed by atoms with Crippen LogP contribution in [-0.2, 0) is 0 Å². The van der Waals surface area contributed by atoms with Crippen molar-refractivity contribution in [2.45, 2.75) is 0 Å². The third-order valence-electron chi connectivity index (χ3n) is 0.660. The number of rotatable bonds is 1. The van der Waals surface area contributed by atoms with E-state index in [1.165, 1.54) is 11.3 Å². The van der Waals surface area contributed by atoms with Gasteiger partial charge in [0.1, 0.15) is 5.69 Å². The van der Waals surface area contributed by atoms with E-state index in [2.05, 4.69) is 4.98 Å². The van der Waals surface area contributed by atoms with Crippen LogP contribution >= 0.6 is 11.3 Å². The van der Waals surface area contributed by atoms with Gasteiger partial charge >= 0.3 is 0 Å². The fourth-order valence-electron chi connectivity index (χ4n) is 0.355. The quantitative estimate of drug-likeness (QED) is 0.571. The summed E-state index contributed by atoms with van der Waals surface area (Å²) >= 11 is 1.26. The van der Waals surface area contributed by atoms with Crippen molar-refractivity contribution in [1.82, 2.24) is 4.98 Å². The van der Waals surface area contributed by atoms with Gasteiger partial charge in [-0.2, -0.15) is 0 Å². The van der Waals surface area contributed by atoms with Crippen molar-refractivity contribution < 1.29 is 6.22 Å². The average Bonchev–Trinajstić information content (AvgIpc) is 2.14. The fraction of sp³-hybridized carbons (Fsp3) is 0. The van der Waals surface area contributed by atoms with Crippen molar-refractivity contribution in [2.24, 2.45) is 0 Å². The third-order valence-corrected chi connectivity index (χ3v) is 1.35. The Labute approximate surface area is 51.6 Å². The molecule has 0 aliphatic rings. The number of aromatic nitrogens is 1. The minimum Gasteiger partial charge on any atom is -0.375 e. The first-order chi connectivity index (χ1) is 3.83. The molecule has 1 heterocycles. The van der Waals surface area contributed by atoms with Crippen LogP contribution in [0, 0.1) is 0 Å². The topological polar surface area (TPSA) is 56.0 Å². The first-order valence-electron chi connectivity index (χ1n) is 1.99. The molecule has 3 nitrogen and oxygen atoms in total. The standard InChI is InChI=1S/C4H4N2OS.H2/c5-4-6-3(1-7)2-8-4;/h1-2H,(H2,5,6);1H. The number of carbonyl (C=O) groups excluding carboxylic acids is 1. The van der Waals surface area contributed by atoms with Crippen LogP contribution in [0.1, 0.15) is 11.9 Å². The molecule has 0 aliphatic heterocycles. The lowest BCUT2D eigenvalue weighted by Gasteiger charge is -1.71. The Balaban J connectivity index is 0.000000640. The van der Waals surface area contributed by atoms with Gasteiger partial charge in [0.15, 0.2) is 11.4 Å². The number of aldehydes is 1. The Morgan fingerprint density at radius 1 is 2.00 bits per heavy atom. The minimum atomic E-state index is 0. The Morgan fingerprint density at radius 3 is 3.00 bits per heavy atom. The van der Waals surface area contributed by atoms with E-state index in [1.54, 1.807) is 5.38 Å². The van der Waals surface area contributed by atoms with Crippen LogP contribution in [0.4, 0.5) is 5.13 Å². The predicted octanol–water partition coefficient (Wildman–Crippen LogP) is 0.784. The zero-order valence-electron chi connectivity index (χ0n) is 4.00. The molecule has 2 N–H and O–H groups in total. The Hall–Kier alpha value is -0.900. The van der Waals surface area contributed by atoms with Crippen LogP contribution in [0.5, 0.6) is 0 Å². The molecule has 0 unspecified atom stereocenters. The molecule has 0 aliphatic carbocycles. The van der Waals surface area contributed by atoms with Gasteiger partial charge in [0.05, 0.1) is 0 Å². The molecule has 4 heteroatoms. The molecule has 8 heavy (non-hydrogen) atoms. The van der Waals surface area contributed by atoms with Crippen molar-refractivity contribution in [3.8, 4) is 0 Å². The van der Waals surface area contributed by atoms with Gasteiger partial charge in [-0.1, -0.05) is 0 Å². The summed E-state index contributed by atoms with van der Waals surface area (Å²) < 4.78 is 0. The molecule has 0 spiro atoms. The lowest BCUT2D eigenvalue weighted by molar-refractivity contribution is 0.112. The van der Waals surface area contributed by atoms with Crippen molar-refractivity contribution >= 4 is 22.8 Å². The van der Waals surface area contributed by atoms with Gasteiger partial charge in [-0.05, 0) is 0 Å². The fourth-order valence-corrected chi connectivity index (χ4v) is 0.863. The molecule has 0 atom stereocenters. The van der Waals surface area contributed by atoms with E-state index in [-0.39, 0.29) is 1.43 Å². The predicted molar refractivity (Wildman–Crippen MR) is 34.0 cm³/mol. The van der Waals surface area contributed by atoms with Crippen molar-refractivity contribution in [3.05, 3.63) is 11.1 Å². The molecule has 0 amide bonds. The number of thiazole rings is 1. The van der Waals surface area contributed by atoms with E-state index in [0.29, 0.717) is 17.1 Å². The van der Waals surface area contributed by atoms with Gasteiger partial charge in [-0.3, -0.25) is 4.79 Å². The molecular weight excluding hydrogens is 124 g/mol. The van der Waals surface area contributed by atoms with Gasteiger partial charge in [-0.25, -0.2) is 4.98 Å². The molecule has 0 aromatic carbocycles. The summed E-state index contributed by atoms with van der Waals surface area (Å²) in [6.07, 6.45) is 0.673. The Bertz CT molecular complexity index is 200. The maximum atomic E-state index is 9.91. The highest BCUT2D eigenvalue weighted by Gasteiger charge is 1.92. The lowest BCUT2D eigenvalue weighted by Crippen LogP contribution is -1.83. The summed E-state index contributed by atoms with van der Waals surface area (Å²) in [5.74, 6) is 0. The lowest BCUT2D eigenvalue weighted by atomic mass is 10.6. The van der Waals surface area contributed by atoms with Crippen molar-refractivity contribution in [3.63, 3.8) is 0 Å². The summed E-state index contributed by atoms with van der Waals surface area (Å²) in [6.45, 7) is 0. The summed E-state index contributed by atoms with van der Waals surface area (Å²) in [7, 11) is 0. The molecule has 44 valence electrons. The van der Waals surface area contributed by atoms with Crippen LogP contribution < -0.4 is 5.73 Å². The number of nitrogens with two attached hydrogens (primary N) is 1. The number of hydrogen-bond acceptors (Lipinski definition) is 4. The smallest absolute Gasteiger partial charge is 0.180 e. The molecule has 0 saturated carbocycles. The van der Waals surface area contributed by atoms with E-state index >= 15 is 0 Å². The first-order valence-corrected chi connectivity index (χ1v) is 2.87. The second-order valence-electron chi connectivity index (χ2n) is 1.23. The third kappa shape index (κ3) is 0.840. The van der Waals surface area contributed by atoms with Crippen LogP contribution in [0.25, 0.3) is 0 Å². The molecule has 0 fully saturated rings. The molecular formula is C4H6N2OS. The van der Waals surface area contributed by atoms with Crippen LogP contribution in [0.2, 0.25) is 0 Å². The monoisotopic (exact) mass is 130 g/mol. The van der Waals surface area contributed by atoms with Crippen LogP contribution in [0.3, 0.4) is 0 Å². The highest BCUT2D eigenvalue weighted by atomic mass is 32.1. The Morgan fingerprint density at radius 2 is 2.75 bits per heavy atom. The van der Waals surface area contributed by atoms with E-state index in [0.717, 1.165) is 0 Å². The van der Waals surface area contributed by atoms with Crippen molar-refractivity contribution in [1.29, 1.82) is 0 Å². The summed E-state index contributed by atoms with van der Waals surface area (Å²) in [5.41, 5.74) is 5.61. The number of nitrogen functional groups attached to an aromatic ring is 1. The van der Waals surface area contributed by atoms with E-state index < -0.39 is 0 Å². The molecule has 1 aromatic heterocycles. The molecule has 0 saturated heterocycles. The van der Waals surface area contributed by atoms with Crippen molar-refractivity contribution in [2.75, 3.05) is 5.73 Å². The number of carbonyl (C=O) groups is 1. The maximum Gasteiger partial charge on any atom is 0.180 e. The normalized spacial score (nSPS) is 9.00. The van der Waals surface area contributed by atoms with Gasteiger partial charge in [0.25, 0.3) is 0 Å². The Kier molecular flexibility index (Phi) is 1.26. The summed E-state index contributed by atoms with van der Waals surface area (Å²) in [4.78, 5) is 13.6. The molecule has 0 bridgehead atoms. The highest BCUT2D eigenvalue weighted by molar-refractivity contribution is 7.13. The van der Waals surface area contributed by atoms with E-state index in [9.17, 15) is 4.79 Å². The maximum absolute atomic E-state index is 9.91. The van der Waals surface area contributed by atoms with E-state index in [1.807, 2.05) is 0 Å². The average molecular weight is 130 g/mol. The molecule has 1 aromatic rings.